The van der Waals surface area contributed by atoms with Crippen molar-refractivity contribution in [1.82, 2.24) is 0 Å². The minimum Gasteiger partial charge on any atom is -0.450 e. The Bertz CT molecular complexity index is 623. The van der Waals surface area contributed by atoms with Gasteiger partial charge in [-0.1, -0.05) is 24.3 Å². The smallest absolute Gasteiger partial charge is 0.411 e. The number of nitrogens with two attached hydrogens (primary N) is 1. The number of hydrazone groups is 1. The minimum absolute atomic E-state index is 0.335. The van der Waals surface area contributed by atoms with Gasteiger partial charge in [0.25, 0.3) is 0 Å². The molecule has 0 saturated heterocycles. The maximum absolute atomic E-state index is 11.5. The SMILES string of the molecule is CCOC(=O)Nc1cccc2ccc(C=NN)cc12. The molecule has 5 heteroatoms. The van der Waals surface area contributed by atoms with E-state index in [0.29, 0.717) is 12.3 Å². The molecule has 0 aromatic heterocycles. The molecule has 1 amide bonds. The third-order valence-corrected chi connectivity index (χ3v) is 2.64. The molecule has 2 aromatic carbocycles. The van der Waals surface area contributed by atoms with E-state index in [1.54, 1.807) is 13.1 Å². The van der Waals surface area contributed by atoms with E-state index in [2.05, 4.69) is 10.4 Å². The molecule has 0 heterocycles. The molecule has 2 aromatic rings. The van der Waals surface area contributed by atoms with Crippen LogP contribution in [0.4, 0.5) is 10.5 Å². The van der Waals surface area contributed by atoms with E-state index in [1.807, 2.05) is 36.4 Å². The summed E-state index contributed by atoms with van der Waals surface area (Å²) >= 11 is 0. The van der Waals surface area contributed by atoms with Crippen LogP contribution in [0.25, 0.3) is 10.8 Å². The summed E-state index contributed by atoms with van der Waals surface area (Å²) in [6, 6.07) is 11.4. The largest absolute Gasteiger partial charge is 0.450 e. The van der Waals surface area contributed by atoms with Gasteiger partial charge in [0.1, 0.15) is 0 Å². The van der Waals surface area contributed by atoms with Gasteiger partial charge in [0, 0.05) is 5.39 Å². The van der Waals surface area contributed by atoms with Gasteiger partial charge in [0.05, 0.1) is 18.5 Å². The van der Waals surface area contributed by atoms with Crippen molar-refractivity contribution in [2.24, 2.45) is 10.9 Å². The Morgan fingerprint density at radius 1 is 1.42 bits per heavy atom. The molecule has 0 radical (unpaired) electrons. The minimum atomic E-state index is -0.465. The van der Waals surface area contributed by atoms with Gasteiger partial charge >= 0.3 is 6.09 Å². The number of ether oxygens (including phenoxy) is 1. The van der Waals surface area contributed by atoms with Crippen LogP contribution in [0.5, 0.6) is 0 Å². The Morgan fingerprint density at radius 3 is 3.00 bits per heavy atom. The van der Waals surface area contributed by atoms with Crippen molar-refractivity contribution in [2.75, 3.05) is 11.9 Å². The van der Waals surface area contributed by atoms with Gasteiger partial charge in [-0.3, -0.25) is 5.32 Å². The Kier molecular flexibility index (Phi) is 3.97. The second-order valence-corrected chi connectivity index (χ2v) is 3.91. The van der Waals surface area contributed by atoms with Gasteiger partial charge in [-0.15, -0.1) is 0 Å². The highest BCUT2D eigenvalue weighted by molar-refractivity contribution is 6.02. The van der Waals surface area contributed by atoms with Crippen LogP contribution < -0.4 is 11.2 Å². The van der Waals surface area contributed by atoms with Crippen molar-refractivity contribution >= 4 is 28.8 Å². The summed E-state index contributed by atoms with van der Waals surface area (Å²) in [5.41, 5.74) is 1.57. The van der Waals surface area contributed by atoms with E-state index < -0.39 is 6.09 Å². The van der Waals surface area contributed by atoms with E-state index >= 15 is 0 Å². The molecule has 0 bridgehead atoms. The highest BCUT2D eigenvalue weighted by Crippen LogP contribution is 2.24. The van der Waals surface area contributed by atoms with Crippen molar-refractivity contribution in [1.29, 1.82) is 0 Å². The molecule has 3 N–H and O–H groups in total. The van der Waals surface area contributed by atoms with Crippen LogP contribution in [0, 0.1) is 0 Å². The van der Waals surface area contributed by atoms with E-state index in [0.717, 1.165) is 16.3 Å². The molecule has 19 heavy (non-hydrogen) atoms. The van der Waals surface area contributed by atoms with Crippen LogP contribution in [0.3, 0.4) is 0 Å². The van der Waals surface area contributed by atoms with E-state index in [-0.39, 0.29) is 0 Å². The van der Waals surface area contributed by atoms with Gasteiger partial charge in [-0.25, -0.2) is 4.79 Å². The third kappa shape index (κ3) is 3.01. The molecule has 0 saturated carbocycles. The van der Waals surface area contributed by atoms with Gasteiger partial charge in [-0.2, -0.15) is 5.10 Å². The summed E-state index contributed by atoms with van der Waals surface area (Å²) in [4.78, 5) is 11.5. The number of hydrogen-bond donors (Lipinski definition) is 2. The van der Waals surface area contributed by atoms with Gasteiger partial charge in [-0.05, 0) is 30.0 Å². The number of amides is 1. The first-order valence-corrected chi connectivity index (χ1v) is 5.94. The first kappa shape index (κ1) is 12.9. The fraction of sp³-hybridized carbons (Fsp3) is 0.143. The Balaban J connectivity index is 2.42. The average Bonchev–Trinajstić information content (AvgIpc) is 2.40. The van der Waals surface area contributed by atoms with Crippen molar-refractivity contribution in [2.45, 2.75) is 6.92 Å². The number of carbonyl (C=O) groups is 1. The second-order valence-electron chi connectivity index (χ2n) is 3.91. The zero-order chi connectivity index (χ0) is 13.7. The molecular formula is C14H15N3O2. The maximum atomic E-state index is 11.5. The number of benzene rings is 2. The van der Waals surface area contributed by atoms with Crippen LogP contribution in [-0.2, 0) is 4.74 Å². The number of rotatable bonds is 3. The molecule has 0 aliphatic heterocycles. The molecule has 0 atom stereocenters. The topological polar surface area (TPSA) is 76.7 Å². The average molecular weight is 257 g/mol. The van der Waals surface area contributed by atoms with Crippen molar-refractivity contribution < 1.29 is 9.53 Å². The molecule has 5 nitrogen and oxygen atoms in total. The molecule has 0 unspecified atom stereocenters. The summed E-state index contributed by atoms with van der Waals surface area (Å²) in [6.45, 7) is 2.10. The van der Waals surface area contributed by atoms with E-state index in [1.165, 1.54) is 0 Å². The van der Waals surface area contributed by atoms with Crippen molar-refractivity contribution in [3.63, 3.8) is 0 Å². The van der Waals surface area contributed by atoms with Gasteiger partial charge in [0.15, 0.2) is 0 Å². The standard InChI is InChI=1S/C14H15N3O2/c1-2-19-14(18)17-13-5-3-4-11-7-6-10(9-16-15)8-12(11)13/h3-9H,2,15H2,1H3,(H,17,18). The number of hydrogen-bond acceptors (Lipinski definition) is 4. The molecule has 0 spiro atoms. The Labute approximate surface area is 111 Å². The first-order chi connectivity index (χ1) is 9.24. The summed E-state index contributed by atoms with van der Waals surface area (Å²) in [6.07, 6.45) is 1.09. The number of carbonyl (C=O) groups excluding carboxylic acids is 1. The lowest BCUT2D eigenvalue weighted by atomic mass is 10.1. The molecular weight excluding hydrogens is 242 g/mol. The summed E-state index contributed by atoms with van der Waals surface area (Å²) < 4.78 is 4.88. The van der Waals surface area contributed by atoms with Crippen LogP contribution in [-0.4, -0.2) is 18.9 Å². The quantitative estimate of drug-likeness (QED) is 0.504. The summed E-state index contributed by atoms with van der Waals surface area (Å²) in [5.74, 6) is 5.14. The molecule has 0 aliphatic rings. The van der Waals surface area contributed by atoms with Gasteiger partial charge < -0.3 is 10.6 Å². The predicted molar refractivity (Wildman–Crippen MR) is 76.4 cm³/mol. The lowest BCUT2D eigenvalue weighted by Gasteiger charge is -2.09. The van der Waals surface area contributed by atoms with E-state index in [4.69, 9.17) is 10.6 Å². The summed E-state index contributed by atoms with van der Waals surface area (Å²) in [7, 11) is 0. The van der Waals surface area contributed by atoms with E-state index in [9.17, 15) is 4.79 Å². The monoisotopic (exact) mass is 257 g/mol. The molecule has 0 aliphatic carbocycles. The molecule has 2 rings (SSSR count). The highest BCUT2D eigenvalue weighted by atomic mass is 16.5. The molecule has 98 valence electrons. The van der Waals surface area contributed by atoms with Crippen LogP contribution in [0.2, 0.25) is 0 Å². The third-order valence-electron chi connectivity index (χ3n) is 2.64. The Morgan fingerprint density at radius 2 is 2.26 bits per heavy atom. The number of fused-ring (bicyclic) bond motifs is 1. The first-order valence-electron chi connectivity index (χ1n) is 5.94. The second kappa shape index (κ2) is 5.86. The highest BCUT2D eigenvalue weighted by Gasteiger charge is 2.06. The van der Waals surface area contributed by atoms with Gasteiger partial charge in [0.2, 0.25) is 0 Å². The zero-order valence-electron chi connectivity index (χ0n) is 10.6. The zero-order valence-corrected chi connectivity index (χ0v) is 10.6. The fourth-order valence-electron chi connectivity index (χ4n) is 1.84. The predicted octanol–water partition coefficient (Wildman–Crippen LogP) is 2.70. The Hall–Kier alpha value is -2.56. The van der Waals surface area contributed by atoms with Crippen molar-refractivity contribution in [3.05, 3.63) is 42.0 Å². The normalized spacial score (nSPS) is 10.8. The summed E-state index contributed by atoms with van der Waals surface area (Å²) in [5, 5.41) is 8.14. The number of nitrogens with zero attached hydrogens (tertiary/aromatic N) is 1. The molecule has 0 fully saturated rings. The number of nitrogens with one attached hydrogen (secondary N) is 1. The van der Waals surface area contributed by atoms with Crippen LogP contribution >= 0.6 is 0 Å². The lowest BCUT2D eigenvalue weighted by molar-refractivity contribution is 0.168. The number of anilines is 1. The van der Waals surface area contributed by atoms with Crippen LogP contribution in [0.1, 0.15) is 12.5 Å². The van der Waals surface area contributed by atoms with Crippen LogP contribution in [0.15, 0.2) is 41.5 Å². The fourth-order valence-corrected chi connectivity index (χ4v) is 1.84. The lowest BCUT2D eigenvalue weighted by Crippen LogP contribution is -2.13. The van der Waals surface area contributed by atoms with Crippen molar-refractivity contribution in [3.8, 4) is 0 Å². The maximum Gasteiger partial charge on any atom is 0.411 e.